The van der Waals surface area contributed by atoms with E-state index in [1.54, 1.807) is 19.2 Å². The Labute approximate surface area is 95.7 Å². The Balaban J connectivity index is 2.61. The van der Waals surface area contributed by atoms with E-state index in [0.29, 0.717) is 11.7 Å². The van der Waals surface area contributed by atoms with Gasteiger partial charge in [0.1, 0.15) is 11.4 Å². The molecule has 0 aliphatic carbocycles. The number of hydrogen-bond acceptors (Lipinski definition) is 3. The van der Waals surface area contributed by atoms with E-state index in [4.69, 9.17) is 11.6 Å². The van der Waals surface area contributed by atoms with Gasteiger partial charge in [0.2, 0.25) is 0 Å². The molecule has 1 heterocycles. The zero-order chi connectivity index (χ0) is 11.3. The molecule has 0 aliphatic heterocycles. The first-order valence-electron chi connectivity index (χ1n) is 5.16. The Kier molecular flexibility index (Phi) is 5.02. The van der Waals surface area contributed by atoms with E-state index in [1.807, 2.05) is 11.0 Å². The molecule has 0 amide bonds. The summed E-state index contributed by atoms with van der Waals surface area (Å²) in [6.07, 6.45) is 2.33. The zero-order valence-corrected chi connectivity index (χ0v) is 9.91. The molecule has 0 spiro atoms. The van der Waals surface area contributed by atoms with Crippen LogP contribution in [-0.4, -0.2) is 27.8 Å². The highest BCUT2D eigenvalue weighted by Crippen LogP contribution is 2.09. The minimum atomic E-state index is -0.430. The summed E-state index contributed by atoms with van der Waals surface area (Å²) in [5.74, 6) is 0. The molecule has 1 unspecified atom stereocenters. The minimum absolute atomic E-state index is 0.430. The molecule has 0 aliphatic rings. The second kappa shape index (κ2) is 6.05. The van der Waals surface area contributed by atoms with Crippen LogP contribution in [0.1, 0.15) is 25.8 Å². The van der Waals surface area contributed by atoms with Gasteiger partial charge in [-0.25, -0.2) is 4.98 Å². The van der Waals surface area contributed by atoms with Gasteiger partial charge in [-0.05, 0) is 25.0 Å². The lowest BCUT2D eigenvalue weighted by Gasteiger charge is -2.24. The Morgan fingerprint density at radius 3 is 2.73 bits per heavy atom. The van der Waals surface area contributed by atoms with Crippen molar-refractivity contribution in [3.05, 3.63) is 29.0 Å². The molecule has 0 fully saturated rings. The molecule has 0 saturated heterocycles. The van der Waals surface area contributed by atoms with Gasteiger partial charge in [0.25, 0.3) is 0 Å². The molecule has 0 radical (unpaired) electrons. The van der Waals surface area contributed by atoms with Crippen molar-refractivity contribution < 1.29 is 5.11 Å². The molecule has 1 aromatic rings. The third-order valence-corrected chi connectivity index (χ3v) is 2.44. The van der Waals surface area contributed by atoms with E-state index in [0.717, 1.165) is 18.5 Å². The first-order valence-corrected chi connectivity index (χ1v) is 5.53. The summed E-state index contributed by atoms with van der Waals surface area (Å²) in [5.41, 5.74) is 1.06. The van der Waals surface area contributed by atoms with E-state index in [-0.39, 0.29) is 0 Å². The van der Waals surface area contributed by atoms with Gasteiger partial charge >= 0.3 is 0 Å². The van der Waals surface area contributed by atoms with E-state index < -0.39 is 6.23 Å². The predicted octanol–water partition coefficient (Wildman–Crippen LogP) is 2.29. The van der Waals surface area contributed by atoms with Crippen molar-refractivity contribution in [2.45, 2.75) is 33.0 Å². The first-order chi connectivity index (χ1) is 7.13. The first kappa shape index (κ1) is 12.4. The maximum absolute atomic E-state index is 9.54. The van der Waals surface area contributed by atoms with Crippen LogP contribution in [-0.2, 0) is 6.54 Å². The van der Waals surface area contributed by atoms with Gasteiger partial charge in [-0.1, -0.05) is 24.6 Å². The number of rotatable bonds is 5. The number of aliphatic hydroxyl groups excluding tert-OH is 1. The van der Waals surface area contributed by atoms with Crippen molar-refractivity contribution >= 4 is 11.6 Å². The molecule has 0 aromatic carbocycles. The summed E-state index contributed by atoms with van der Waals surface area (Å²) in [7, 11) is 0. The summed E-state index contributed by atoms with van der Waals surface area (Å²) in [4.78, 5) is 6.00. The van der Waals surface area contributed by atoms with Gasteiger partial charge in [-0.2, -0.15) is 0 Å². The van der Waals surface area contributed by atoms with Gasteiger partial charge in [0.05, 0.1) is 0 Å². The summed E-state index contributed by atoms with van der Waals surface area (Å²) in [6, 6.07) is 3.70. The molecule has 0 bridgehead atoms. The zero-order valence-electron chi connectivity index (χ0n) is 9.15. The highest BCUT2D eigenvalue weighted by molar-refractivity contribution is 6.29. The van der Waals surface area contributed by atoms with Gasteiger partial charge in [0.15, 0.2) is 0 Å². The Bertz CT molecular complexity index is 287. The van der Waals surface area contributed by atoms with Gasteiger partial charge in [-0.3, -0.25) is 4.90 Å². The van der Waals surface area contributed by atoms with Crippen LogP contribution in [0.25, 0.3) is 0 Å². The molecule has 4 heteroatoms. The fourth-order valence-corrected chi connectivity index (χ4v) is 1.53. The molecular weight excluding hydrogens is 212 g/mol. The molecular formula is C11H17ClN2O. The number of halogens is 1. The van der Waals surface area contributed by atoms with Crippen LogP contribution in [0, 0.1) is 0 Å². The van der Waals surface area contributed by atoms with Gasteiger partial charge in [0, 0.05) is 19.3 Å². The van der Waals surface area contributed by atoms with Crippen LogP contribution in [0.3, 0.4) is 0 Å². The highest BCUT2D eigenvalue weighted by Gasteiger charge is 2.10. The topological polar surface area (TPSA) is 36.4 Å². The number of aromatic nitrogens is 1. The van der Waals surface area contributed by atoms with E-state index in [9.17, 15) is 5.11 Å². The van der Waals surface area contributed by atoms with E-state index in [1.165, 1.54) is 0 Å². The summed E-state index contributed by atoms with van der Waals surface area (Å²) in [6.45, 7) is 5.45. The van der Waals surface area contributed by atoms with E-state index in [2.05, 4.69) is 11.9 Å². The maximum atomic E-state index is 9.54. The molecule has 0 saturated carbocycles. The molecule has 1 atom stereocenters. The van der Waals surface area contributed by atoms with Crippen LogP contribution in [0.4, 0.5) is 0 Å². The summed E-state index contributed by atoms with van der Waals surface area (Å²) < 4.78 is 0. The molecule has 15 heavy (non-hydrogen) atoms. The molecule has 1 N–H and O–H groups in total. The second-order valence-corrected chi connectivity index (χ2v) is 3.98. The predicted molar refractivity (Wildman–Crippen MR) is 61.6 cm³/mol. The lowest BCUT2D eigenvalue weighted by Crippen LogP contribution is -2.32. The SMILES string of the molecule is CCCN(Cc1ccc(Cl)nc1)C(C)O. The Morgan fingerprint density at radius 2 is 2.27 bits per heavy atom. The van der Waals surface area contributed by atoms with Gasteiger partial charge < -0.3 is 5.11 Å². The lowest BCUT2D eigenvalue weighted by molar-refractivity contribution is 0.0127. The largest absolute Gasteiger partial charge is 0.379 e. The van der Waals surface area contributed by atoms with Crippen molar-refractivity contribution in [2.24, 2.45) is 0 Å². The molecule has 84 valence electrons. The fourth-order valence-electron chi connectivity index (χ4n) is 1.42. The normalized spacial score (nSPS) is 13.1. The maximum Gasteiger partial charge on any atom is 0.129 e. The average molecular weight is 229 g/mol. The van der Waals surface area contributed by atoms with Crippen LogP contribution < -0.4 is 0 Å². The Hall–Kier alpha value is -0.640. The van der Waals surface area contributed by atoms with Crippen molar-refractivity contribution in [1.29, 1.82) is 0 Å². The minimum Gasteiger partial charge on any atom is -0.379 e. The Morgan fingerprint density at radius 1 is 1.53 bits per heavy atom. The number of aliphatic hydroxyl groups is 1. The standard InChI is InChI=1S/C11H17ClN2O/c1-3-6-14(9(2)15)8-10-4-5-11(12)13-7-10/h4-5,7,9,15H,3,6,8H2,1-2H3. The molecule has 1 rings (SSSR count). The quantitative estimate of drug-likeness (QED) is 0.621. The van der Waals surface area contributed by atoms with E-state index >= 15 is 0 Å². The second-order valence-electron chi connectivity index (χ2n) is 3.59. The van der Waals surface area contributed by atoms with Crippen molar-refractivity contribution in [3.8, 4) is 0 Å². The molecule has 1 aromatic heterocycles. The summed E-state index contributed by atoms with van der Waals surface area (Å²) in [5, 5.41) is 10.0. The summed E-state index contributed by atoms with van der Waals surface area (Å²) >= 11 is 5.70. The lowest BCUT2D eigenvalue weighted by atomic mass is 10.2. The van der Waals surface area contributed by atoms with Crippen LogP contribution in [0.15, 0.2) is 18.3 Å². The fraction of sp³-hybridized carbons (Fsp3) is 0.545. The third kappa shape index (κ3) is 4.16. The van der Waals surface area contributed by atoms with Crippen LogP contribution >= 0.6 is 11.6 Å². The molecule has 3 nitrogen and oxygen atoms in total. The number of hydrogen-bond donors (Lipinski definition) is 1. The van der Waals surface area contributed by atoms with Gasteiger partial charge in [-0.15, -0.1) is 0 Å². The monoisotopic (exact) mass is 228 g/mol. The van der Waals surface area contributed by atoms with Crippen molar-refractivity contribution in [3.63, 3.8) is 0 Å². The van der Waals surface area contributed by atoms with Crippen LogP contribution in [0.2, 0.25) is 5.15 Å². The number of pyridine rings is 1. The number of nitrogens with zero attached hydrogens (tertiary/aromatic N) is 2. The highest BCUT2D eigenvalue weighted by atomic mass is 35.5. The van der Waals surface area contributed by atoms with Crippen molar-refractivity contribution in [2.75, 3.05) is 6.54 Å². The third-order valence-electron chi connectivity index (χ3n) is 2.21. The van der Waals surface area contributed by atoms with Crippen LogP contribution in [0.5, 0.6) is 0 Å². The smallest absolute Gasteiger partial charge is 0.129 e. The van der Waals surface area contributed by atoms with Crippen molar-refractivity contribution in [1.82, 2.24) is 9.88 Å². The average Bonchev–Trinajstić information content (AvgIpc) is 2.20.